The van der Waals surface area contributed by atoms with Crippen LogP contribution in [0, 0.1) is 0 Å². The van der Waals surface area contributed by atoms with Gasteiger partial charge in [0.2, 0.25) is 0 Å². The third-order valence-electron chi connectivity index (χ3n) is 4.39. The first-order chi connectivity index (χ1) is 11.6. The van der Waals surface area contributed by atoms with Gasteiger partial charge >= 0.3 is 0 Å². The van der Waals surface area contributed by atoms with Crippen molar-refractivity contribution in [2.24, 2.45) is 0 Å². The average molecular weight is 324 g/mol. The molecule has 122 valence electrons. The molecule has 8 heteroatoms. The summed E-state index contributed by atoms with van der Waals surface area (Å²) in [5, 5.41) is 5.93. The van der Waals surface area contributed by atoms with Crippen molar-refractivity contribution >= 4 is 23.2 Å². The van der Waals surface area contributed by atoms with Crippen LogP contribution < -0.4 is 21.9 Å². The van der Waals surface area contributed by atoms with E-state index in [9.17, 15) is 9.59 Å². The van der Waals surface area contributed by atoms with Gasteiger partial charge in [-0.25, -0.2) is 9.97 Å². The van der Waals surface area contributed by atoms with Crippen molar-refractivity contribution in [2.75, 3.05) is 11.1 Å². The number of carbonyl (C=O) groups excluding carboxylic acids is 1. The number of rotatable bonds is 2. The van der Waals surface area contributed by atoms with Crippen LogP contribution in [0.5, 0.6) is 0 Å². The third-order valence-corrected chi connectivity index (χ3v) is 4.39. The lowest BCUT2D eigenvalue weighted by Gasteiger charge is -2.32. The second-order valence-corrected chi connectivity index (χ2v) is 5.93. The monoisotopic (exact) mass is 324 g/mol. The molecule has 1 amide bonds. The minimum Gasteiger partial charge on any atom is -0.384 e. The largest absolute Gasteiger partial charge is 0.384 e. The molecule has 1 unspecified atom stereocenters. The number of aromatic nitrogens is 3. The second-order valence-electron chi connectivity index (χ2n) is 5.93. The summed E-state index contributed by atoms with van der Waals surface area (Å²) < 4.78 is 1.56. The van der Waals surface area contributed by atoms with Crippen molar-refractivity contribution in [3.05, 3.63) is 52.7 Å². The van der Waals surface area contributed by atoms with Gasteiger partial charge in [0.05, 0.1) is 0 Å². The van der Waals surface area contributed by atoms with E-state index in [0.717, 1.165) is 6.42 Å². The standard InChI is InChI=1S/C16H16N6O2/c17-12-8-13(19-9-18-12)20-10-4-5-11-14(23)21-16(22(11)15(10)24)6-2-1-3-7-16/h1-2,4-5,8-9H,3,6-7H2,(H,21,23)(H3,17,18,19,20). The number of anilines is 3. The van der Waals surface area contributed by atoms with Crippen LogP contribution in [-0.2, 0) is 5.66 Å². The molecule has 0 saturated heterocycles. The Hall–Kier alpha value is -3.16. The normalized spacial score (nSPS) is 21.6. The highest BCUT2D eigenvalue weighted by molar-refractivity contribution is 5.95. The summed E-state index contributed by atoms with van der Waals surface area (Å²) in [6.07, 6.45) is 7.47. The number of allylic oxidation sites excluding steroid dienone is 1. The Morgan fingerprint density at radius 1 is 1.25 bits per heavy atom. The van der Waals surface area contributed by atoms with Crippen molar-refractivity contribution in [3.8, 4) is 0 Å². The fourth-order valence-electron chi connectivity index (χ4n) is 3.28. The van der Waals surface area contributed by atoms with Crippen LogP contribution in [0.15, 0.2) is 41.5 Å². The maximum atomic E-state index is 13.0. The summed E-state index contributed by atoms with van der Waals surface area (Å²) in [4.78, 5) is 33.1. The van der Waals surface area contributed by atoms with E-state index in [1.165, 1.54) is 6.33 Å². The van der Waals surface area contributed by atoms with E-state index in [0.29, 0.717) is 35.9 Å². The zero-order valence-corrected chi connectivity index (χ0v) is 12.8. The van der Waals surface area contributed by atoms with E-state index in [-0.39, 0.29) is 11.5 Å². The van der Waals surface area contributed by atoms with Crippen LogP contribution in [0.25, 0.3) is 0 Å². The van der Waals surface area contributed by atoms with E-state index in [1.807, 2.05) is 6.08 Å². The number of fused-ring (bicyclic) bond motifs is 2. The highest BCUT2D eigenvalue weighted by atomic mass is 16.2. The maximum absolute atomic E-state index is 13.0. The van der Waals surface area contributed by atoms with Gasteiger partial charge in [-0.2, -0.15) is 0 Å². The average Bonchev–Trinajstić information content (AvgIpc) is 2.83. The van der Waals surface area contributed by atoms with Gasteiger partial charge in [0.15, 0.2) is 0 Å². The molecule has 3 heterocycles. The number of pyridine rings is 1. The van der Waals surface area contributed by atoms with Gasteiger partial charge in [-0.15, -0.1) is 0 Å². The molecule has 2 aromatic heterocycles. The summed E-state index contributed by atoms with van der Waals surface area (Å²) in [6.45, 7) is 0. The SMILES string of the molecule is Nc1cc(Nc2ccc3n(c2=O)C2(CC=CCC2)NC3=O)ncn1. The van der Waals surface area contributed by atoms with Crippen LogP contribution in [-0.4, -0.2) is 20.4 Å². The predicted molar refractivity (Wildman–Crippen MR) is 88.9 cm³/mol. The molecule has 1 spiro atoms. The lowest BCUT2D eigenvalue weighted by Crippen LogP contribution is -2.48. The number of hydrogen-bond acceptors (Lipinski definition) is 6. The van der Waals surface area contributed by atoms with E-state index >= 15 is 0 Å². The molecule has 24 heavy (non-hydrogen) atoms. The molecule has 0 bridgehead atoms. The number of nitrogen functional groups attached to an aromatic ring is 1. The van der Waals surface area contributed by atoms with Crippen molar-refractivity contribution in [1.82, 2.24) is 19.9 Å². The van der Waals surface area contributed by atoms with E-state index in [2.05, 4.69) is 26.7 Å². The maximum Gasteiger partial charge on any atom is 0.276 e. The lowest BCUT2D eigenvalue weighted by atomic mass is 9.94. The Morgan fingerprint density at radius 2 is 2.12 bits per heavy atom. The molecule has 0 radical (unpaired) electrons. The van der Waals surface area contributed by atoms with E-state index < -0.39 is 5.66 Å². The molecule has 1 aliphatic carbocycles. The molecule has 1 aliphatic heterocycles. The number of hydrogen-bond donors (Lipinski definition) is 3. The minimum absolute atomic E-state index is 0.222. The molecular formula is C16H16N6O2. The van der Waals surface area contributed by atoms with Crippen LogP contribution >= 0.6 is 0 Å². The van der Waals surface area contributed by atoms with Gasteiger partial charge in [-0.3, -0.25) is 14.2 Å². The molecule has 2 aliphatic rings. The Morgan fingerprint density at radius 3 is 2.88 bits per heavy atom. The number of nitrogens with two attached hydrogens (primary N) is 1. The molecule has 4 rings (SSSR count). The molecule has 0 fully saturated rings. The number of nitrogens with one attached hydrogen (secondary N) is 2. The highest BCUT2D eigenvalue weighted by Crippen LogP contribution is 2.33. The Bertz CT molecular complexity index is 919. The van der Waals surface area contributed by atoms with Crippen LogP contribution in [0.1, 0.15) is 29.8 Å². The fraction of sp³-hybridized carbons (Fsp3) is 0.250. The Labute approximate surface area is 137 Å². The topological polar surface area (TPSA) is 115 Å². The van der Waals surface area contributed by atoms with Crippen LogP contribution in [0.3, 0.4) is 0 Å². The number of nitrogens with zero attached hydrogens (tertiary/aromatic N) is 3. The molecule has 0 aromatic carbocycles. The van der Waals surface area contributed by atoms with Gasteiger partial charge in [-0.1, -0.05) is 12.2 Å². The highest BCUT2D eigenvalue weighted by Gasteiger charge is 2.43. The third kappa shape index (κ3) is 2.15. The first-order valence-corrected chi connectivity index (χ1v) is 7.68. The van der Waals surface area contributed by atoms with Gasteiger partial charge in [0.25, 0.3) is 11.5 Å². The van der Waals surface area contributed by atoms with Crippen molar-refractivity contribution in [1.29, 1.82) is 0 Å². The fourth-order valence-corrected chi connectivity index (χ4v) is 3.28. The lowest BCUT2D eigenvalue weighted by molar-refractivity contribution is 0.0909. The number of carbonyl (C=O) groups is 1. The molecule has 0 saturated carbocycles. The van der Waals surface area contributed by atoms with Gasteiger partial charge < -0.3 is 16.4 Å². The summed E-state index contributed by atoms with van der Waals surface area (Å²) in [7, 11) is 0. The Balaban J connectivity index is 1.80. The quantitative estimate of drug-likeness (QED) is 0.713. The minimum atomic E-state index is -0.680. The summed E-state index contributed by atoms with van der Waals surface area (Å²) in [5.74, 6) is 0.509. The van der Waals surface area contributed by atoms with Gasteiger partial charge in [0.1, 0.15) is 35.0 Å². The molecule has 4 N–H and O–H groups in total. The van der Waals surface area contributed by atoms with Crippen molar-refractivity contribution in [3.63, 3.8) is 0 Å². The number of amides is 1. The summed E-state index contributed by atoms with van der Waals surface area (Å²) in [5.41, 5.74) is 5.40. The van der Waals surface area contributed by atoms with Gasteiger partial charge in [0, 0.05) is 12.5 Å². The van der Waals surface area contributed by atoms with E-state index in [4.69, 9.17) is 5.73 Å². The second kappa shape index (κ2) is 5.19. The summed E-state index contributed by atoms with van der Waals surface area (Å²) >= 11 is 0. The summed E-state index contributed by atoms with van der Waals surface area (Å²) in [6, 6.07) is 4.78. The molecular weight excluding hydrogens is 308 g/mol. The molecule has 8 nitrogen and oxygen atoms in total. The van der Waals surface area contributed by atoms with Gasteiger partial charge in [-0.05, 0) is 25.0 Å². The molecule has 2 aromatic rings. The first-order valence-electron chi connectivity index (χ1n) is 7.68. The zero-order valence-electron chi connectivity index (χ0n) is 12.8. The molecule has 1 atom stereocenters. The van der Waals surface area contributed by atoms with Crippen LogP contribution in [0.4, 0.5) is 17.3 Å². The van der Waals surface area contributed by atoms with Crippen LogP contribution in [0.2, 0.25) is 0 Å². The van der Waals surface area contributed by atoms with Crippen molar-refractivity contribution in [2.45, 2.75) is 24.9 Å². The van der Waals surface area contributed by atoms with Crippen molar-refractivity contribution < 1.29 is 4.79 Å². The van der Waals surface area contributed by atoms with E-state index in [1.54, 1.807) is 22.8 Å². The Kier molecular flexibility index (Phi) is 3.12. The smallest absolute Gasteiger partial charge is 0.276 e. The first kappa shape index (κ1) is 14.4. The predicted octanol–water partition coefficient (Wildman–Crippen LogP) is 1.10. The zero-order chi connectivity index (χ0) is 16.7.